The molecule has 0 aliphatic heterocycles. The van der Waals surface area contributed by atoms with E-state index in [1.54, 1.807) is 32.0 Å². The van der Waals surface area contributed by atoms with Gasteiger partial charge in [-0.3, -0.25) is 19.6 Å². The minimum absolute atomic E-state index is 0.0427. The molecule has 0 aromatic carbocycles. The molecule has 1 amide bonds. The first kappa shape index (κ1) is 21.5. The average molecular weight is 393 g/mol. The highest BCUT2D eigenvalue weighted by molar-refractivity contribution is 5.94. The van der Waals surface area contributed by atoms with Crippen LogP contribution in [0.4, 0.5) is 13.2 Å². The van der Waals surface area contributed by atoms with Gasteiger partial charge in [-0.1, -0.05) is 13.0 Å². The number of carbonyl (C=O) groups excluding carboxylic acids is 2. The third kappa shape index (κ3) is 7.09. The normalized spacial score (nSPS) is 11.3. The average Bonchev–Trinajstić information content (AvgIpc) is 2.64. The van der Waals surface area contributed by atoms with Gasteiger partial charge in [0.05, 0.1) is 0 Å². The molecule has 0 aliphatic carbocycles. The van der Waals surface area contributed by atoms with E-state index in [0.717, 1.165) is 0 Å². The van der Waals surface area contributed by atoms with Crippen LogP contribution in [-0.2, 0) is 24.2 Å². The summed E-state index contributed by atoms with van der Waals surface area (Å²) in [5.74, 6) is -0.280. The van der Waals surface area contributed by atoms with Crippen LogP contribution in [0, 0.1) is 6.92 Å². The quantitative estimate of drug-likeness (QED) is 0.742. The first-order valence-electron chi connectivity index (χ1n) is 8.94. The third-order valence-corrected chi connectivity index (χ3v) is 4.04. The lowest BCUT2D eigenvalue weighted by atomic mass is 10.1. The molecule has 0 aliphatic rings. The van der Waals surface area contributed by atoms with Gasteiger partial charge in [0.25, 0.3) is 5.91 Å². The Kier molecular flexibility index (Phi) is 7.25. The summed E-state index contributed by atoms with van der Waals surface area (Å²) in [4.78, 5) is 32.3. The van der Waals surface area contributed by atoms with E-state index in [2.05, 4.69) is 15.3 Å². The van der Waals surface area contributed by atoms with Crippen LogP contribution < -0.4 is 5.32 Å². The van der Waals surface area contributed by atoms with Gasteiger partial charge in [-0.25, -0.2) is 0 Å². The number of pyridine rings is 2. The zero-order valence-electron chi connectivity index (χ0n) is 15.8. The van der Waals surface area contributed by atoms with Crippen molar-refractivity contribution in [2.45, 2.75) is 52.3 Å². The number of nitrogens with zero attached hydrogens (tertiary/aromatic N) is 2. The molecule has 0 saturated carbocycles. The summed E-state index contributed by atoms with van der Waals surface area (Å²) in [6, 6.07) is 6.39. The maximum Gasteiger partial charge on any atom is 0.389 e. The molecule has 1 N–H and O–H groups in total. The molecule has 0 fully saturated rings. The van der Waals surface area contributed by atoms with E-state index in [0.29, 0.717) is 34.6 Å². The Labute approximate surface area is 161 Å². The second-order valence-electron chi connectivity index (χ2n) is 6.51. The highest BCUT2D eigenvalue weighted by Crippen LogP contribution is 2.21. The van der Waals surface area contributed by atoms with Crippen LogP contribution in [0.1, 0.15) is 52.8 Å². The van der Waals surface area contributed by atoms with Gasteiger partial charge in [-0.15, -0.1) is 0 Å². The molecule has 5 nitrogen and oxygen atoms in total. The van der Waals surface area contributed by atoms with Crippen LogP contribution in [0.25, 0.3) is 0 Å². The lowest BCUT2D eigenvalue weighted by molar-refractivity contribution is -0.134. The van der Waals surface area contributed by atoms with Gasteiger partial charge in [0, 0.05) is 54.6 Å². The maximum absolute atomic E-state index is 12.4. The second-order valence-corrected chi connectivity index (χ2v) is 6.51. The Morgan fingerprint density at radius 1 is 1.14 bits per heavy atom. The Bertz CT molecular complexity index is 834. The highest BCUT2D eigenvalue weighted by Gasteiger charge is 2.26. The second kappa shape index (κ2) is 9.43. The Hall–Kier alpha value is -2.77. The van der Waals surface area contributed by atoms with Gasteiger partial charge in [0.2, 0.25) is 0 Å². The maximum atomic E-state index is 12.4. The molecule has 2 heterocycles. The molecule has 2 aromatic heterocycles. The predicted molar refractivity (Wildman–Crippen MR) is 97.8 cm³/mol. The molecule has 8 heteroatoms. The largest absolute Gasteiger partial charge is 0.389 e. The molecule has 2 aromatic rings. The van der Waals surface area contributed by atoms with Crippen molar-refractivity contribution in [2.75, 3.05) is 0 Å². The van der Waals surface area contributed by atoms with Gasteiger partial charge in [-0.05, 0) is 37.1 Å². The number of Topliss-reactive ketones (excluding diaryl/α,β-unsaturated/α-hetero) is 1. The van der Waals surface area contributed by atoms with Gasteiger partial charge in [0.15, 0.2) is 0 Å². The van der Waals surface area contributed by atoms with Crippen molar-refractivity contribution < 1.29 is 22.8 Å². The summed E-state index contributed by atoms with van der Waals surface area (Å²) in [5, 5.41) is 2.74. The fourth-order valence-electron chi connectivity index (χ4n) is 2.55. The van der Waals surface area contributed by atoms with Crippen LogP contribution in [-0.4, -0.2) is 27.8 Å². The first-order valence-corrected chi connectivity index (χ1v) is 8.94. The number of hydrogen-bond donors (Lipinski definition) is 1. The van der Waals surface area contributed by atoms with E-state index >= 15 is 0 Å². The fraction of sp³-hybridized carbons (Fsp3) is 0.400. The lowest BCUT2D eigenvalue weighted by Gasteiger charge is -2.09. The number of rotatable bonds is 8. The number of aromatic nitrogens is 2. The first-order chi connectivity index (χ1) is 13.2. The van der Waals surface area contributed by atoms with Crippen LogP contribution in [0.3, 0.4) is 0 Å². The van der Waals surface area contributed by atoms with E-state index < -0.39 is 12.6 Å². The predicted octanol–water partition coefficient (Wildman–Crippen LogP) is 3.73. The van der Waals surface area contributed by atoms with Gasteiger partial charge >= 0.3 is 6.18 Å². The molecule has 28 heavy (non-hydrogen) atoms. The number of nitrogens with one attached hydrogen (secondary N) is 1. The number of halogens is 3. The zero-order chi connectivity index (χ0) is 20.7. The molecule has 0 atom stereocenters. The van der Waals surface area contributed by atoms with Crippen molar-refractivity contribution in [3.05, 3.63) is 58.7 Å². The van der Waals surface area contributed by atoms with E-state index in [4.69, 9.17) is 0 Å². The minimum Gasteiger partial charge on any atom is -0.348 e. The summed E-state index contributed by atoms with van der Waals surface area (Å²) in [7, 11) is 0. The fourth-order valence-corrected chi connectivity index (χ4v) is 2.55. The van der Waals surface area contributed by atoms with Crippen molar-refractivity contribution in [3.63, 3.8) is 0 Å². The molecular weight excluding hydrogens is 371 g/mol. The van der Waals surface area contributed by atoms with Crippen molar-refractivity contribution in [3.8, 4) is 0 Å². The Morgan fingerprint density at radius 3 is 2.50 bits per heavy atom. The summed E-state index contributed by atoms with van der Waals surface area (Å²) >= 11 is 0. The zero-order valence-corrected chi connectivity index (χ0v) is 15.8. The smallest absolute Gasteiger partial charge is 0.348 e. The van der Waals surface area contributed by atoms with E-state index in [1.807, 2.05) is 0 Å². The summed E-state index contributed by atoms with van der Waals surface area (Å²) in [5.41, 5.74) is 2.62. The van der Waals surface area contributed by atoms with Crippen LogP contribution in [0.5, 0.6) is 0 Å². The monoisotopic (exact) mass is 393 g/mol. The van der Waals surface area contributed by atoms with E-state index in [9.17, 15) is 22.8 Å². The topological polar surface area (TPSA) is 72.0 Å². The number of alkyl halides is 3. The molecule has 0 bridgehead atoms. The Morgan fingerprint density at radius 2 is 1.89 bits per heavy atom. The van der Waals surface area contributed by atoms with Crippen molar-refractivity contribution >= 4 is 11.7 Å². The number of amides is 1. The van der Waals surface area contributed by atoms with Gasteiger partial charge < -0.3 is 5.32 Å². The molecule has 0 saturated heterocycles. The molecule has 0 unspecified atom stereocenters. The van der Waals surface area contributed by atoms with Crippen LogP contribution >= 0.6 is 0 Å². The van der Waals surface area contributed by atoms with Crippen LogP contribution in [0.15, 0.2) is 30.5 Å². The van der Waals surface area contributed by atoms with E-state index in [1.165, 1.54) is 12.3 Å². The number of hydrogen-bond acceptors (Lipinski definition) is 4. The molecule has 150 valence electrons. The van der Waals surface area contributed by atoms with Crippen molar-refractivity contribution in [1.82, 2.24) is 15.3 Å². The SMILES string of the molecule is CCC(=O)Cc1cc(C(=O)NCc2ccc(CCC(F)(F)F)nc2)cc(C)n1. The standard InChI is InChI=1S/C20H22F3N3O2/c1-3-18(27)10-17-9-15(8-13(2)26-17)19(28)25-12-14-4-5-16(24-11-14)6-7-20(21,22)23/h4-5,8-9,11H,3,6-7,10,12H2,1-2H3,(H,25,28). The van der Waals surface area contributed by atoms with Gasteiger partial charge in [0.1, 0.15) is 5.78 Å². The summed E-state index contributed by atoms with van der Waals surface area (Å²) in [6.45, 7) is 3.71. The molecule has 2 rings (SSSR count). The number of aryl methyl sites for hydroxylation is 2. The molecule has 0 radical (unpaired) electrons. The Balaban J connectivity index is 1.95. The van der Waals surface area contributed by atoms with Gasteiger partial charge in [-0.2, -0.15) is 13.2 Å². The van der Waals surface area contributed by atoms with Crippen LogP contribution in [0.2, 0.25) is 0 Å². The number of carbonyl (C=O) groups is 2. The van der Waals surface area contributed by atoms with Crippen molar-refractivity contribution in [1.29, 1.82) is 0 Å². The third-order valence-electron chi connectivity index (χ3n) is 4.04. The minimum atomic E-state index is -4.21. The summed E-state index contributed by atoms with van der Waals surface area (Å²) < 4.78 is 36.7. The highest BCUT2D eigenvalue weighted by atomic mass is 19.4. The molecular formula is C20H22F3N3O2. The lowest BCUT2D eigenvalue weighted by Crippen LogP contribution is -2.23. The number of ketones is 1. The van der Waals surface area contributed by atoms with E-state index in [-0.39, 0.29) is 31.1 Å². The molecule has 0 spiro atoms. The van der Waals surface area contributed by atoms with Crippen molar-refractivity contribution in [2.24, 2.45) is 0 Å². The summed E-state index contributed by atoms with van der Waals surface area (Å²) in [6.07, 6.45) is -3.26.